The number of anilines is 1. The predicted octanol–water partition coefficient (Wildman–Crippen LogP) is -1.04. The molecule has 13 N–H and O–H groups in total. The minimum atomic E-state index is -6.72. The minimum absolute atomic E-state index is 0.00410. The van der Waals surface area contributed by atoms with Gasteiger partial charge in [0.25, 0.3) is 0 Å². The number of imidazole rings is 1. The van der Waals surface area contributed by atoms with Gasteiger partial charge in [-0.1, -0.05) is 0 Å². The van der Waals surface area contributed by atoms with Gasteiger partial charge < -0.3 is 64.7 Å². The molecule has 3 rings (SSSR count). The lowest BCUT2D eigenvalue weighted by Crippen LogP contribution is -2.33. The number of phosphoric ester groups is 1. The summed E-state index contributed by atoms with van der Waals surface area (Å²) in [6.45, 7) is -1.25. The first-order valence-corrected chi connectivity index (χ1v) is 23.7. The van der Waals surface area contributed by atoms with E-state index in [1.54, 1.807) is 0 Å². The van der Waals surface area contributed by atoms with Crippen molar-refractivity contribution in [2.45, 2.75) is 24.5 Å². The molecule has 3 heterocycles. The van der Waals surface area contributed by atoms with Crippen molar-refractivity contribution >= 4 is 79.6 Å². The zero-order chi connectivity index (χ0) is 39.2. The van der Waals surface area contributed by atoms with Crippen LogP contribution in [0.5, 0.6) is 0 Å². The lowest BCUT2D eigenvalue weighted by Gasteiger charge is -2.21. The molecule has 2 aromatic rings. The molecule has 0 aromatic carbocycles. The monoisotopic (exact) mass is 907 g/mol. The van der Waals surface area contributed by atoms with Gasteiger partial charge in [0.1, 0.15) is 30.2 Å². The predicted molar refractivity (Wildman–Crippen MR) is 150 cm³/mol. The summed E-state index contributed by atoms with van der Waals surface area (Å²) in [7, 11) is -51.3. The summed E-state index contributed by atoms with van der Waals surface area (Å²) < 4.78 is 128. The smallest absolute Gasteiger partial charge is 0.387 e. The maximum Gasteiger partial charge on any atom is 0.490 e. The van der Waals surface area contributed by atoms with Gasteiger partial charge in [0.2, 0.25) is 0 Å². The Morgan fingerprint density at radius 3 is 1.47 bits per heavy atom. The van der Waals surface area contributed by atoms with E-state index in [4.69, 9.17) is 25.2 Å². The van der Waals surface area contributed by atoms with Gasteiger partial charge in [-0.05, 0) is 0 Å². The first-order valence-electron chi connectivity index (χ1n) is 11.7. The zero-order valence-electron chi connectivity index (χ0n) is 23.5. The second-order valence-electron chi connectivity index (χ2n) is 8.77. The minimum Gasteiger partial charge on any atom is -0.387 e. The van der Waals surface area contributed by atoms with Gasteiger partial charge in [-0.15, -0.1) is 0 Å². The molecule has 294 valence electrons. The SMILES string of the molecule is Nc1ncnc2c1ncn2[C@@H]1O[C@H](COP(=O)(O)OP(=O)(O)OP(=O)(O)OP(=O)(O)OP(=O)(O)OP(=O)(O)OP(=O)(O)OP(=O)(O)O)C(O)C1O. The molecule has 9 unspecified atom stereocenters. The van der Waals surface area contributed by atoms with Gasteiger partial charge in [0.15, 0.2) is 17.7 Å². The fourth-order valence-electron chi connectivity index (χ4n) is 3.35. The van der Waals surface area contributed by atoms with Crippen molar-refractivity contribution in [3.8, 4) is 0 Å². The van der Waals surface area contributed by atoms with E-state index in [0.29, 0.717) is 0 Å². The highest BCUT2D eigenvalue weighted by Crippen LogP contribution is 2.77. The van der Waals surface area contributed by atoms with E-state index in [0.717, 1.165) is 17.2 Å². The summed E-state index contributed by atoms with van der Waals surface area (Å²) in [4.78, 5) is 94.3. The number of nitrogen functional groups attached to an aromatic ring is 1. The van der Waals surface area contributed by atoms with E-state index >= 15 is 0 Å². The molecule has 41 heteroatoms. The van der Waals surface area contributed by atoms with Crippen LogP contribution in [0.15, 0.2) is 12.7 Å². The number of aliphatic hydroxyl groups is 2. The van der Waals surface area contributed by atoms with Gasteiger partial charge in [0, 0.05) is 0 Å². The van der Waals surface area contributed by atoms with Crippen LogP contribution in [0.2, 0.25) is 0 Å². The fraction of sp³-hybridized carbons (Fsp3) is 0.500. The van der Waals surface area contributed by atoms with Gasteiger partial charge in [-0.2, -0.15) is 30.2 Å². The van der Waals surface area contributed by atoms with Crippen molar-refractivity contribution in [2.75, 3.05) is 12.3 Å². The van der Waals surface area contributed by atoms with Crippen LogP contribution < -0.4 is 5.73 Å². The molecular weight excluding hydrogens is 886 g/mol. The van der Waals surface area contributed by atoms with E-state index in [1.807, 2.05) is 0 Å². The maximum absolute atomic E-state index is 12.2. The normalized spacial score (nSPS) is 28.4. The lowest BCUT2D eigenvalue weighted by molar-refractivity contribution is -0.0503. The molecule has 0 radical (unpaired) electrons. The van der Waals surface area contributed by atoms with Crippen LogP contribution in [0.4, 0.5) is 5.82 Å². The largest absolute Gasteiger partial charge is 0.490 e. The fourth-order valence-corrected chi connectivity index (χ4v) is 13.5. The average Bonchev–Trinajstić information content (AvgIpc) is 3.38. The van der Waals surface area contributed by atoms with Crippen LogP contribution in [-0.4, -0.2) is 98.7 Å². The maximum atomic E-state index is 12.2. The summed E-state index contributed by atoms with van der Waals surface area (Å²) in [6, 6.07) is 0. The van der Waals surface area contributed by atoms with E-state index < -0.39 is 93.7 Å². The number of nitrogens with zero attached hydrogens (tertiary/aromatic N) is 4. The Labute approximate surface area is 279 Å². The van der Waals surface area contributed by atoms with Crippen LogP contribution in [0, 0.1) is 0 Å². The van der Waals surface area contributed by atoms with Crippen LogP contribution in [0.3, 0.4) is 0 Å². The summed E-state index contributed by atoms with van der Waals surface area (Å²) >= 11 is 0. The highest BCUT2D eigenvalue weighted by atomic mass is 31.3. The molecule has 1 aliphatic heterocycles. The Bertz CT molecular complexity index is 2010. The first-order chi connectivity index (χ1) is 22.7. The quantitative estimate of drug-likeness (QED) is 0.0794. The third-order valence-electron chi connectivity index (χ3n) is 4.85. The van der Waals surface area contributed by atoms with Crippen molar-refractivity contribution in [2.24, 2.45) is 0 Å². The van der Waals surface area contributed by atoms with Gasteiger partial charge >= 0.3 is 62.6 Å². The third-order valence-corrected chi connectivity index (χ3v) is 16.9. The molecule has 11 atom stereocenters. The second-order valence-corrected chi connectivity index (χ2v) is 21.1. The van der Waals surface area contributed by atoms with Crippen LogP contribution in [0.1, 0.15) is 6.23 Å². The summed E-state index contributed by atoms with van der Waals surface area (Å²) in [6.07, 6.45) is -4.85. The molecule has 1 fully saturated rings. The van der Waals surface area contributed by atoms with Crippen LogP contribution >= 0.6 is 62.6 Å². The van der Waals surface area contributed by atoms with Gasteiger partial charge in [0.05, 0.1) is 12.9 Å². The molecule has 1 aliphatic rings. The number of nitrogens with two attached hydrogens (primary N) is 1. The summed E-state index contributed by atoms with van der Waals surface area (Å²) in [5, 5.41) is 20.7. The number of ether oxygens (including phenoxy) is 1. The molecule has 0 saturated carbocycles. The van der Waals surface area contributed by atoms with E-state index in [-0.39, 0.29) is 17.0 Å². The topological polar surface area (TPSA) is 512 Å². The van der Waals surface area contributed by atoms with Gasteiger partial charge in [-0.25, -0.2) is 51.5 Å². The first kappa shape index (κ1) is 44.8. The van der Waals surface area contributed by atoms with Crippen LogP contribution in [0.25, 0.3) is 11.2 Å². The third kappa shape index (κ3) is 13.6. The molecule has 2 aromatic heterocycles. The lowest BCUT2D eigenvalue weighted by atomic mass is 10.1. The molecule has 0 aliphatic carbocycles. The number of phosphoric acid groups is 8. The Hall–Kier alpha value is -0.610. The van der Waals surface area contributed by atoms with Gasteiger partial charge in [-0.3, -0.25) is 9.09 Å². The average molecular weight is 907 g/mol. The Morgan fingerprint density at radius 1 is 0.627 bits per heavy atom. The summed E-state index contributed by atoms with van der Waals surface area (Å²) in [5.41, 5.74) is 5.72. The molecule has 51 heavy (non-hydrogen) atoms. The number of hydrogen-bond donors (Lipinski definition) is 12. The molecular formula is C10H21N5O28P8. The number of hydrogen-bond acceptors (Lipinski definition) is 23. The van der Waals surface area contributed by atoms with Crippen molar-refractivity contribution < 1.29 is 130 Å². The van der Waals surface area contributed by atoms with Crippen molar-refractivity contribution in [1.29, 1.82) is 0 Å². The second kappa shape index (κ2) is 15.5. The Morgan fingerprint density at radius 2 is 1.04 bits per heavy atom. The Kier molecular flexibility index (Phi) is 13.6. The number of rotatable bonds is 18. The van der Waals surface area contributed by atoms with E-state index in [9.17, 15) is 76.1 Å². The standard InChI is InChI=1S/C10H21N5O28P8/c11-8-5-9(13-2-12-8)15(3-14-5)10-7(17)6(16)4(36-10)1-35-45(21,22)38-47(25,26)40-49(29,30)42-51(33,34)43-50(31,32)41-48(27,28)39-46(23,24)37-44(18,19)20/h2-4,6-7,10,16-17H,1H2,(H,21,22)(H,23,24)(H,25,26)(H,27,28)(H,29,30)(H,31,32)(H,33,34)(H2,11,12,13)(H2,18,19,20)/t4-,6?,7?,10-/m1/s1. The highest BCUT2D eigenvalue weighted by Gasteiger charge is 2.52. The molecule has 1 saturated heterocycles. The highest BCUT2D eigenvalue weighted by molar-refractivity contribution is 7.73. The zero-order valence-corrected chi connectivity index (χ0v) is 30.6. The number of aromatic nitrogens is 4. The van der Waals surface area contributed by atoms with Crippen molar-refractivity contribution in [1.82, 2.24) is 19.5 Å². The number of aliphatic hydroxyl groups excluding tert-OH is 2. The molecule has 0 bridgehead atoms. The molecule has 0 spiro atoms. The van der Waals surface area contributed by atoms with E-state index in [1.165, 1.54) is 0 Å². The van der Waals surface area contributed by atoms with Crippen molar-refractivity contribution in [3.63, 3.8) is 0 Å². The molecule has 0 amide bonds. The Balaban J connectivity index is 1.60. The van der Waals surface area contributed by atoms with Crippen molar-refractivity contribution in [3.05, 3.63) is 12.7 Å². The van der Waals surface area contributed by atoms with Crippen LogP contribution in [-0.2, 0) is 76.0 Å². The van der Waals surface area contributed by atoms with E-state index in [2.05, 4.69) is 49.7 Å². The number of fused-ring (bicyclic) bond motifs is 1. The summed E-state index contributed by atoms with van der Waals surface area (Å²) in [5.74, 6) is -0.0767. The molecule has 33 nitrogen and oxygen atoms in total.